The zero-order valence-corrected chi connectivity index (χ0v) is 14.1. The van der Waals surface area contributed by atoms with Gasteiger partial charge in [-0.25, -0.2) is 4.98 Å². The lowest BCUT2D eigenvalue weighted by molar-refractivity contribution is -0.114. The Morgan fingerprint density at radius 1 is 1.26 bits per heavy atom. The van der Waals surface area contributed by atoms with Gasteiger partial charge >= 0.3 is 0 Å². The lowest BCUT2D eigenvalue weighted by atomic mass is 10.2. The molecule has 2 aromatic rings. The maximum Gasteiger partial charge on any atom is 0.252 e. The SMILES string of the molecule is COc1ccc(/C=C/C(=O)N(CCSC)c2ccccn2)cc1. The van der Waals surface area contributed by atoms with E-state index in [1.165, 1.54) is 0 Å². The third-order valence-electron chi connectivity index (χ3n) is 3.25. The second-order valence-corrected chi connectivity index (χ2v) is 5.76. The quantitative estimate of drug-likeness (QED) is 0.730. The van der Waals surface area contributed by atoms with Crippen LogP contribution in [0.4, 0.5) is 5.82 Å². The number of thioether (sulfide) groups is 1. The van der Waals surface area contributed by atoms with Crippen molar-refractivity contribution in [2.24, 2.45) is 0 Å². The number of methoxy groups -OCH3 is 1. The highest BCUT2D eigenvalue weighted by Crippen LogP contribution is 2.14. The van der Waals surface area contributed by atoms with Gasteiger partial charge in [-0.3, -0.25) is 9.69 Å². The van der Waals surface area contributed by atoms with Gasteiger partial charge in [-0.15, -0.1) is 0 Å². The number of hydrogen-bond acceptors (Lipinski definition) is 4. The molecule has 0 saturated carbocycles. The molecule has 0 atom stereocenters. The molecule has 0 bridgehead atoms. The summed E-state index contributed by atoms with van der Waals surface area (Å²) in [6, 6.07) is 13.1. The molecule has 2 rings (SSSR count). The summed E-state index contributed by atoms with van der Waals surface area (Å²) in [6.45, 7) is 0.629. The van der Waals surface area contributed by atoms with Crippen LogP contribution in [0, 0.1) is 0 Å². The Hall–Kier alpha value is -2.27. The molecule has 0 unspecified atom stereocenters. The van der Waals surface area contributed by atoms with E-state index in [0.717, 1.165) is 17.1 Å². The van der Waals surface area contributed by atoms with Crippen molar-refractivity contribution in [2.45, 2.75) is 0 Å². The number of pyridine rings is 1. The van der Waals surface area contributed by atoms with Crippen LogP contribution < -0.4 is 9.64 Å². The third-order valence-corrected chi connectivity index (χ3v) is 3.84. The number of rotatable bonds is 7. The van der Waals surface area contributed by atoms with Crippen LogP contribution in [0.5, 0.6) is 5.75 Å². The van der Waals surface area contributed by atoms with Gasteiger partial charge in [-0.05, 0) is 42.2 Å². The highest BCUT2D eigenvalue weighted by molar-refractivity contribution is 7.98. The standard InChI is InChI=1S/C18H20N2O2S/c1-22-16-9-6-15(7-10-16)8-11-18(21)20(13-14-23-2)17-5-3-4-12-19-17/h3-12H,13-14H2,1-2H3/b11-8+. The second kappa shape index (κ2) is 9.00. The van der Waals surface area contributed by atoms with Crippen LogP contribution in [0.3, 0.4) is 0 Å². The molecule has 0 saturated heterocycles. The van der Waals surface area contributed by atoms with Crippen molar-refractivity contribution in [1.82, 2.24) is 4.98 Å². The molecule has 0 aliphatic carbocycles. The molecule has 1 aromatic carbocycles. The molecule has 4 nitrogen and oxygen atoms in total. The molecule has 120 valence electrons. The normalized spacial score (nSPS) is 10.7. The molecule has 0 N–H and O–H groups in total. The fourth-order valence-corrected chi connectivity index (χ4v) is 2.37. The monoisotopic (exact) mass is 328 g/mol. The number of nitrogens with zero attached hydrogens (tertiary/aromatic N) is 2. The predicted octanol–water partition coefficient (Wildman–Crippen LogP) is 3.50. The van der Waals surface area contributed by atoms with E-state index in [4.69, 9.17) is 4.74 Å². The first-order valence-corrected chi connectivity index (χ1v) is 8.67. The minimum atomic E-state index is -0.0754. The zero-order chi connectivity index (χ0) is 16.5. The van der Waals surface area contributed by atoms with Crippen LogP contribution in [0.2, 0.25) is 0 Å². The number of carbonyl (C=O) groups is 1. The fourth-order valence-electron chi connectivity index (χ4n) is 2.01. The number of anilines is 1. The molecule has 0 aliphatic rings. The van der Waals surface area contributed by atoms with Crippen LogP contribution in [0.1, 0.15) is 5.56 Å². The van der Waals surface area contributed by atoms with E-state index >= 15 is 0 Å². The van der Waals surface area contributed by atoms with Gasteiger partial charge in [0.15, 0.2) is 0 Å². The summed E-state index contributed by atoms with van der Waals surface area (Å²) in [5.74, 6) is 2.25. The molecule has 1 amide bonds. The Kier molecular flexibility index (Phi) is 6.69. The van der Waals surface area contributed by atoms with E-state index in [1.807, 2.05) is 48.7 Å². The van der Waals surface area contributed by atoms with Crippen LogP contribution in [0.25, 0.3) is 6.08 Å². The van der Waals surface area contributed by atoms with Gasteiger partial charge in [-0.2, -0.15) is 11.8 Å². The highest BCUT2D eigenvalue weighted by Gasteiger charge is 2.13. The largest absolute Gasteiger partial charge is 0.497 e. The molecule has 1 heterocycles. The van der Waals surface area contributed by atoms with Crippen LogP contribution in [-0.2, 0) is 4.79 Å². The second-order valence-electron chi connectivity index (χ2n) is 4.78. The molecule has 0 fully saturated rings. The molecule has 0 spiro atoms. The number of amides is 1. The average molecular weight is 328 g/mol. The Labute approximate surface area is 141 Å². The van der Waals surface area contributed by atoms with Gasteiger partial charge in [-0.1, -0.05) is 18.2 Å². The number of hydrogen-bond donors (Lipinski definition) is 0. The molecule has 0 radical (unpaired) electrons. The zero-order valence-electron chi connectivity index (χ0n) is 13.3. The van der Waals surface area contributed by atoms with E-state index in [2.05, 4.69) is 4.98 Å². The number of benzene rings is 1. The first-order valence-electron chi connectivity index (χ1n) is 7.28. The number of aromatic nitrogens is 1. The minimum Gasteiger partial charge on any atom is -0.497 e. The fraction of sp³-hybridized carbons (Fsp3) is 0.222. The topological polar surface area (TPSA) is 42.4 Å². The van der Waals surface area contributed by atoms with E-state index in [0.29, 0.717) is 12.4 Å². The molecule has 5 heteroatoms. The number of carbonyl (C=O) groups excluding carboxylic acids is 1. The summed E-state index contributed by atoms with van der Waals surface area (Å²) in [5.41, 5.74) is 0.949. The van der Waals surface area contributed by atoms with Crippen LogP contribution in [0.15, 0.2) is 54.7 Å². The Balaban J connectivity index is 2.11. The van der Waals surface area contributed by atoms with Crippen molar-refractivity contribution in [3.8, 4) is 5.75 Å². The summed E-state index contributed by atoms with van der Waals surface area (Å²) in [4.78, 5) is 18.5. The predicted molar refractivity (Wildman–Crippen MR) is 97.0 cm³/mol. The highest BCUT2D eigenvalue weighted by atomic mass is 32.2. The maximum atomic E-state index is 12.5. The average Bonchev–Trinajstić information content (AvgIpc) is 2.61. The molecule has 0 aliphatic heterocycles. The minimum absolute atomic E-state index is 0.0754. The Morgan fingerprint density at radius 2 is 2.04 bits per heavy atom. The Morgan fingerprint density at radius 3 is 2.65 bits per heavy atom. The lowest BCUT2D eigenvalue weighted by Crippen LogP contribution is -2.32. The van der Waals surface area contributed by atoms with E-state index in [-0.39, 0.29) is 5.91 Å². The summed E-state index contributed by atoms with van der Waals surface area (Å²) < 4.78 is 5.13. The van der Waals surface area contributed by atoms with Crippen molar-refractivity contribution in [1.29, 1.82) is 0 Å². The van der Waals surface area contributed by atoms with Crippen molar-refractivity contribution < 1.29 is 9.53 Å². The van der Waals surface area contributed by atoms with E-state index in [9.17, 15) is 4.79 Å². The van der Waals surface area contributed by atoms with Crippen molar-refractivity contribution in [3.63, 3.8) is 0 Å². The smallest absolute Gasteiger partial charge is 0.252 e. The molecular weight excluding hydrogens is 308 g/mol. The van der Waals surface area contributed by atoms with E-state index in [1.54, 1.807) is 42.1 Å². The first kappa shape index (κ1) is 17.1. The summed E-state index contributed by atoms with van der Waals surface area (Å²) in [6.07, 6.45) is 7.10. The van der Waals surface area contributed by atoms with Crippen molar-refractivity contribution in [2.75, 3.05) is 30.6 Å². The molecule has 1 aromatic heterocycles. The van der Waals surface area contributed by atoms with Gasteiger partial charge in [0, 0.05) is 24.6 Å². The summed E-state index contributed by atoms with van der Waals surface area (Å²) in [7, 11) is 1.63. The molecular formula is C18H20N2O2S. The maximum absolute atomic E-state index is 12.5. The van der Waals surface area contributed by atoms with Gasteiger partial charge < -0.3 is 4.74 Å². The van der Waals surface area contributed by atoms with E-state index < -0.39 is 0 Å². The lowest BCUT2D eigenvalue weighted by Gasteiger charge is -2.19. The van der Waals surface area contributed by atoms with Crippen molar-refractivity contribution in [3.05, 3.63) is 60.3 Å². The summed E-state index contributed by atoms with van der Waals surface area (Å²) in [5, 5.41) is 0. The first-order chi connectivity index (χ1) is 11.2. The third kappa shape index (κ3) is 5.14. The van der Waals surface area contributed by atoms with Gasteiger partial charge in [0.25, 0.3) is 5.91 Å². The molecule has 23 heavy (non-hydrogen) atoms. The number of ether oxygens (including phenoxy) is 1. The van der Waals surface area contributed by atoms with Crippen LogP contribution in [-0.4, -0.2) is 36.6 Å². The Bertz CT molecular complexity index is 642. The van der Waals surface area contributed by atoms with Gasteiger partial charge in [0.2, 0.25) is 0 Å². The van der Waals surface area contributed by atoms with Gasteiger partial charge in [0.05, 0.1) is 7.11 Å². The van der Waals surface area contributed by atoms with Gasteiger partial charge in [0.1, 0.15) is 11.6 Å². The van der Waals surface area contributed by atoms with Crippen LogP contribution >= 0.6 is 11.8 Å². The van der Waals surface area contributed by atoms with Crippen molar-refractivity contribution >= 4 is 29.6 Å². The summed E-state index contributed by atoms with van der Waals surface area (Å²) >= 11 is 1.70.